The van der Waals surface area contributed by atoms with Crippen LogP contribution in [0.25, 0.3) is 0 Å². The van der Waals surface area contributed by atoms with Gasteiger partial charge in [-0.05, 0) is 56.0 Å². The van der Waals surface area contributed by atoms with Crippen molar-refractivity contribution in [2.24, 2.45) is 4.99 Å². The van der Waals surface area contributed by atoms with E-state index in [1.165, 1.54) is 30.6 Å². The molecule has 3 aromatic rings. The quantitative estimate of drug-likeness (QED) is 0.219. The predicted molar refractivity (Wildman–Crippen MR) is 137 cm³/mol. The van der Waals surface area contributed by atoms with E-state index in [2.05, 4.69) is 15.0 Å². The number of hydrogen-bond acceptors (Lipinski definition) is 4. The van der Waals surface area contributed by atoms with Crippen LogP contribution in [0.5, 0.6) is 11.5 Å². The Morgan fingerprint density at radius 2 is 1.68 bits per heavy atom. The van der Waals surface area contributed by atoms with Gasteiger partial charge in [0.2, 0.25) is 0 Å². The number of amides is 1. The molecule has 0 radical (unpaired) electrons. The smallest absolute Gasteiger partial charge is 0.410 e. The topological polar surface area (TPSA) is 100 Å². The lowest BCUT2D eigenvalue weighted by Crippen LogP contribution is -2.76. The summed E-state index contributed by atoms with van der Waals surface area (Å²) in [5, 5.41) is 12.7. The molecule has 7 nitrogen and oxygen atoms in total. The summed E-state index contributed by atoms with van der Waals surface area (Å²) in [5.41, 5.74) is 5.22. The minimum atomic E-state index is -4.74. The van der Waals surface area contributed by atoms with E-state index in [0.29, 0.717) is 17.0 Å². The first-order valence-electron chi connectivity index (χ1n) is 12.0. The number of aliphatic imine (C=N–C) groups is 1. The molecule has 0 spiro atoms. The van der Waals surface area contributed by atoms with Gasteiger partial charge < -0.3 is 14.8 Å². The highest BCUT2D eigenvalue weighted by Gasteiger charge is 2.40. The molecule has 198 valence electrons. The van der Waals surface area contributed by atoms with E-state index in [9.17, 15) is 18.0 Å². The van der Waals surface area contributed by atoms with Gasteiger partial charge in [-0.25, -0.2) is 4.79 Å². The maximum Gasteiger partial charge on any atom is 0.573 e. The number of hydrogen-bond donors (Lipinski definition) is 3. The number of carbonyl (C=O) groups excluding carboxylic acids is 1. The maximum atomic E-state index is 12.4. The summed E-state index contributed by atoms with van der Waals surface area (Å²) in [4.78, 5) is 16.5. The Kier molecular flexibility index (Phi) is 7.82. The number of quaternary nitrogens is 1. The molecule has 4 rings (SSSR count). The maximum absolute atomic E-state index is 12.4. The third-order valence-electron chi connectivity index (χ3n) is 6.09. The lowest BCUT2D eigenvalue weighted by Gasteiger charge is -2.12. The van der Waals surface area contributed by atoms with Crippen LogP contribution in [0.3, 0.4) is 0 Å². The standard InChI is InChI=1S/C28H27F3N4O3/c1-16-12-17(2)25(18(3)13-16)37-27(36)35-24-14-23(24)19-4-6-20(7-5-19)26(32)34-15-33-21-8-10-22(11-9-21)38-28(29,30)31/h4-13,15,23-24H,14H2,1-3H3,(H,35,36)(H2,32,33,34)/p+1. The van der Waals surface area contributed by atoms with E-state index in [1.807, 2.05) is 45.0 Å². The molecular weight excluding hydrogens is 497 g/mol. The van der Waals surface area contributed by atoms with Crippen LogP contribution >= 0.6 is 0 Å². The summed E-state index contributed by atoms with van der Waals surface area (Å²) in [7, 11) is 0. The van der Waals surface area contributed by atoms with Gasteiger partial charge in [-0.2, -0.15) is 4.99 Å². The predicted octanol–water partition coefficient (Wildman–Crippen LogP) is 5.40. The molecule has 3 aromatic carbocycles. The summed E-state index contributed by atoms with van der Waals surface area (Å²) in [6.45, 7) is 5.83. The lowest BCUT2D eigenvalue weighted by atomic mass is 10.1. The van der Waals surface area contributed by atoms with Crippen LogP contribution in [-0.4, -0.2) is 30.7 Å². The number of ether oxygens (including phenoxy) is 2. The Morgan fingerprint density at radius 1 is 1.05 bits per heavy atom. The van der Waals surface area contributed by atoms with Crippen molar-refractivity contribution in [1.82, 2.24) is 5.32 Å². The Hall–Kier alpha value is -4.18. The third-order valence-corrected chi connectivity index (χ3v) is 6.09. The van der Waals surface area contributed by atoms with Crippen molar-refractivity contribution in [3.63, 3.8) is 0 Å². The Morgan fingerprint density at radius 3 is 2.29 bits per heavy atom. The number of nitrogens with two attached hydrogens (primary N) is 1. The van der Waals surface area contributed by atoms with Crippen molar-refractivity contribution in [3.05, 3.63) is 88.5 Å². The summed E-state index contributed by atoms with van der Waals surface area (Å²) in [6.07, 6.45) is -2.99. The number of amidine groups is 1. The largest absolute Gasteiger partial charge is 0.573 e. The van der Waals surface area contributed by atoms with Gasteiger partial charge in [-0.1, -0.05) is 42.0 Å². The van der Waals surface area contributed by atoms with E-state index in [4.69, 9.17) is 10.1 Å². The van der Waals surface area contributed by atoms with Gasteiger partial charge in [0, 0.05) is 29.7 Å². The minimum Gasteiger partial charge on any atom is -0.410 e. The summed E-state index contributed by atoms with van der Waals surface area (Å²) < 4.78 is 46.1. The number of aryl methyl sites for hydroxylation is 3. The number of nitrogens with zero attached hydrogens (tertiary/aromatic N) is 1. The molecular formula is C28H28F3N4O3+. The van der Waals surface area contributed by atoms with Crippen LogP contribution in [0, 0.1) is 26.2 Å². The second-order valence-corrected chi connectivity index (χ2v) is 9.24. The molecule has 1 aliphatic carbocycles. The normalized spacial score (nSPS) is 16.8. The second kappa shape index (κ2) is 11.1. The molecule has 0 aromatic heterocycles. The van der Waals surface area contributed by atoms with Crippen LogP contribution in [0.1, 0.15) is 40.2 Å². The van der Waals surface area contributed by atoms with Crippen LogP contribution < -0.4 is 20.1 Å². The highest BCUT2D eigenvalue weighted by Crippen LogP contribution is 2.41. The molecule has 1 fully saturated rings. The van der Waals surface area contributed by atoms with Crippen molar-refractivity contribution in [2.45, 2.75) is 45.5 Å². The van der Waals surface area contributed by atoms with Gasteiger partial charge in [0.1, 0.15) is 17.2 Å². The van der Waals surface area contributed by atoms with E-state index < -0.39 is 12.5 Å². The van der Waals surface area contributed by atoms with E-state index in [0.717, 1.165) is 28.7 Å². The Balaban J connectivity index is 1.25. The number of halogens is 3. The van der Waals surface area contributed by atoms with Crippen molar-refractivity contribution in [3.8, 4) is 11.5 Å². The van der Waals surface area contributed by atoms with Gasteiger partial charge in [0.25, 0.3) is 0 Å². The van der Waals surface area contributed by atoms with Gasteiger partial charge in [-0.15, -0.1) is 13.2 Å². The van der Waals surface area contributed by atoms with Gasteiger partial charge in [-0.3, -0.25) is 10.7 Å². The fourth-order valence-electron chi connectivity index (χ4n) is 4.27. The van der Waals surface area contributed by atoms with E-state index in [1.54, 1.807) is 17.4 Å². The monoisotopic (exact) mass is 525 g/mol. The van der Waals surface area contributed by atoms with E-state index in [-0.39, 0.29) is 23.5 Å². The zero-order valence-corrected chi connectivity index (χ0v) is 21.1. The average molecular weight is 526 g/mol. The molecule has 0 bridgehead atoms. The lowest BCUT2D eigenvalue weighted by molar-refractivity contribution is -0.432. The van der Waals surface area contributed by atoms with Gasteiger partial charge in [0.15, 0.2) is 12.2 Å². The number of benzene rings is 3. The van der Waals surface area contributed by atoms with Crippen molar-refractivity contribution < 1.29 is 32.8 Å². The molecule has 2 atom stereocenters. The van der Waals surface area contributed by atoms with Crippen molar-refractivity contribution in [1.29, 1.82) is 5.41 Å². The second-order valence-electron chi connectivity index (χ2n) is 9.24. The van der Waals surface area contributed by atoms with Gasteiger partial charge >= 0.3 is 12.5 Å². The molecule has 2 unspecified atom stereocenters. The summed E-state index contributed by atoms with van der Waals surface area (Å²) in [5.74, 6) is 0.495. The molecule has 1 saturated carbocycles. The van der Waals surface area contributed by atoms with Crippen LogP contribution in [0.15, 0.2) is 65.7 Å². The minimum absolute atomic E-state index is 0.0144. The highest BCUT2D eigenvalue weighted by molar-refractivity contribution is 5.99. The van der Waals surface area contributed by atoms with Crippen LogP contribution in [0.4, 0.5) is 23.7 Å². The SMILES string of the molecule is Cc1cc(C)c(OC(=O)NC2CC2c2ccc(C(=N)N=C[NH2+]c3ccc(OC(F)(F)F)cc3)cc2)c(C)c1. The molecule has 38 heavy (non-hydrogen) atoms. The number of carbonyl (C=O) groups is 1. The third kappa shape index (κ3) is 7.19. The first-order chi connectivity index (χ1) is 18.0. The Bertz CT molecular complexity index is 1330. The molecule has 4 N–H and O–H groups in total. The Labute approximate surface area is 218 Å². The average Bonchev–Trinajstić information content (AvgIpc) is 3.60. The molecule has 10 heteroatoms. The van der Waals surface area contributed by atoms with Crippen LogP contribution in [0.2, 0.25) is 0 Å². The molecule has 0 saturated heterocycles. The summed E-state index contributed by atoms with van der Waals surface area (Å²) in [6, 6.07) is 16.7. The van der Waals surface area contributed by atoms with Gasteiger partial charge in [0.05, 0.1) is 0 Å². The highest BCUT2D eigenvalue weighted by atomic mass is 19.4. The number of rotatable bonds is 7. The van der Waals surface area contributed by atoms with E-state index >= 15 is 0 Å². The van der Waals surface area contributed by atoms with Crippen molar-refractivity contribution >= 4 is 24.0 Å². The molecule has 0 heterocycles. The zero-order valence-electron chi connectivity index (χ0n) is 21.1. The molecule has 0 aliphatic heterocycles. The first kappa shape index (κ1) is 26.9. The molecule has 1 amide bonds. The fraction of sp³-hybridized carbons (Fsp3) is 0.250. The number of alkyl halides is 3. The first-order valence-corrected chi connectivity index (χ1v) is 12.0. The number of nitrogens with one attached hydrogen (secondary N) is 2. The molecule has 1 aliphatic rings. The summed E-state index contributed by atoms with van der Waals surface area (Å²) >= 11 is 0. The van der Waals surface area contributed by atoms with Crippen LogP contribution in [-0.2, 0) is 0 Å². The fourth-order valence-corrected chi connectivity index (χ4v) is 4.27. The van der Waals surface area contributed by atoms with Crippen molar-refractivity contribution in [2.75, 3.05) is 0 Å². The zero-order chi connectivity index (χ0) is 27.4.